The van der Waals surface area contributed by atoms with Gasteiger partial charge >= 0.3 is 5.97 Å². The SMILES string of the molecule is CCCCCCCCCCCCCCCCCCCCOC(=O)C(C)c1ccc2c(=O)c3ccccc3ccc2c1. The van der Waals surface area contributed by atoms with E-state index in [1.807, 2.05) is 61.5 Å². The molecule has 0 fully saturated rings. The number of esters is 1. The number of unbranched alkanes of at least 4 members (excludes halogenated alkanes) is 17. The number of hydrogen-bond donors (Lipinski definition) is 0. The van der Waals surface area contributed by atoms with E-state index in [1.165, 1.54) is 103 Å². The summed E-state index contributed by atoms with van der Waals surface area (Å²) in [4.78, 5) is 25.7. The lowest BCUT2D eigenvalue weighted by Crippen LogP contribution is -2.14. The van der Waals surface area contributed by atoms with E-state index in [0.29, 0.717) is 17.4 Å². The summed E-state index contributed by atoms with van der Waals surface area (Å²) in [6, 6.07) is 17.3. The van der Waals surface area contributed by atoms with Crippen molar-refractivity contribution in [3.05, 3.63) is 70.4 Å². The summed E-state index contributed by atoms with van der Waals surface area (Å²) in [6.45, 7) is 4.66. The van der Waals surface area contributed by atoms with Crippen LogP contribution in [0.4, 0.5) is 0 Å². The summed E-state index contributed by atoms with van der Waals surface area (Å²) < 4.78 is 5.60. The van der Waals surface area contributed by atoms with Crippen LogP contribution in [0.3, 0.4) is 0 Å². The molecule has 1 atom stereocenters. The first-order chi connectivity index (χ1) is 20.1. The second-order valence-electron chi connectivity index (χ2n) is 12.0. The third-order valence-corrected chi connectivity index (χ3v) is 8.56. The molecule has 0 aliphatic carbocycles. The number of ether oxygens (including phenoxy) is 1. The molecule has 0 aliphatic heterocycles. The highest BCUT2D eigenvalue weighted by Gasteiger charge is 2.17. The van der Waals surface area contributed by atoms with Gasteiger partial charge in [-0.05, 0) is 29.7 Å². The van der Waals surface area contributed by atoms with Gasteiger partial charge in [0.2, 0.25) is 0 Å². The minimum atomic E-state index is -0.357. The van der Waals surface area contributed by atoms with Crippen LogP contribution in [0.15, 0.2) is 59.4 Å². The molecule has 0 radical (unpaired) electrons. The molecule has 0 aromatic heterocycles. The Bertz CT molecular complexity index is 1230. The van der Waals surface area contributed by atoms with Gasteiger partial charge in [0, 0.05) is 10.8 Å². The topological polar surface area (TPSA) is 43.4 Å². The molecule has 3 heteroatoms. The van der Waals surface area contributed by atoms with Gasteiger partial charge in [0.1, 0.15) is 0 Å². The van der Waals surface area contributed by atoms with Crippen molar-refractivity contribution in [2.75, 3.05) is 6.61 Å². The molecule has 0 N–H and O–H groups in total. The largest absolute Gasteiger partial charge is 0.465 e. The Morgan fingerprint density at radius 2 is 1.10 bits per heavy atom. The zero-order valence-electron chi connectivity index (χ0n) is 25.9. The van der Waals surface area contributed by atoms with Crippen LogP contribution >= 0.6 is 0 Å². The van der Waals surface area contributed by atoms with Crippen LogP contribution in [0.5, 0.6) is 0 Å². The summed E-state index contributed by atoms with van der Waals surface area (Å²) >= 11 is 0. The van der Waals surface area contributed by atoms with Gasteiger partial charge in [-0.1, -0.05) is 171 Å². The maximum atomic E-state index is 13.0. The van der Waals surface area contributed by atoms with Crippen molar-refractivity contribution in [1.82, 2.24) is 0 Å². The van der Waals surface area contributed by atoms with Crippen molar-refractivity contribution < 1.29 is 9.53 Å². The summed E-state index contributed by atoms with van der Waals surface area (Å²) in [5.41, 5.74) is 0.909. The summed E-state index contributed by atoms with van der Waals surface area (Å²) in [6.07, 6.45) is 24.2. The van der Waals surface area contributed by atoms with Gasteiger partial charge < -0.3 is 4.74 Å². The fraction of sp³-hybridized carbons (Fsp3) is 0.579. The van der Waals surface area contributed by atoms with E-state index in [9.17, 15) is 9.59 Å². The van der Waals surface area contributed by atoms with E-state index >= 15 is 0 Å². The van der Waals surface area contributed by atoms with E-state index in [-0.39, 0.29) is 17.3 Å². The number of rotatable bonds is 21. The first-order valence-corrected chi connectivity index (χ1v) is 16.7. The zero-order valence-corrected chi connectivity index (χ0v) is 25.9. The smallest absolute Gasteiger partial charge is 0.313 e. The predicted molar refractivity (Wildman–Crippen MR) is 176 cm³/mol. The molecule has 0 amide bonds. The van der Waals surface area contributed by atoms with Gasteiger partial charge in [-0.15, -0.1) is 0 Å². The first kappa shape index (κ1) is 32.8. The van der Waals surface area contributed by atoms with E-state index in [4.69, 9.17) is 4.74 Å². The average Bonchev–Trinajstić information content (AvgIpc) is 3.14. The van der Waals surface area contributed by atoms with Gasteiger partial charge in [0.05, 0.1) is 12.5 Å². The van der Waals surface area contributed by atoms with Crippen LogP contribution in [-0.2, 0) is 9.53 Å². The van der Waals surface area contributed by atoms with Crippen molar-refractivity contribution in [3.8, 4) is 0 Å². The molecule has 3 nitrogen and oxygen atoms in total. The van der Waals surface area contributed by atoms with E-state index in [1.54, 1.807) is 0 Å². The lowest BCUT2D eigenvalue weighted by Gasteiger charge is -2.12. The third kappa shape index (κ3) is 11.6. The number of fused-ring (bicyclic) bond motifs is 2. The molecule has 0 bridgehead atoms. The second-order valence-corrected chi connectivity index (χ2v) is 12.0. The molecule has 0 spiro atoms. The Morgan fingerprint density at radius 1 is 0.610 bits per heavy atom. The molecule has 0 aliphatic rings. The summed E-state index contributed by atoms with van der Waals surface area (Å²) in [5, 5.41) is 3.17. The van der Waals surface area contributed by atoms with Gasteiger partial charge in [-0.3, -0.25) is 9.59 Å². The van der Waals surface area contributed by atoms with Crippen LogP contribution < -0.4 is 5.43 Å². The molecular formula is C38H54O3. The fourth-order valence-electron chi connectivity index (χ4n) is 5.81. The van der Waals surface area contributed by atoms with Crippen LogP contribution in [-0.4, -0.2) is 12.6 Å². The minimum absolute atomic E-state index is 0.0245. The van der Waals surface area contributed by atoms with Crippen LogP contribution in [0, 0.1) is 0 Å². The monoisotopic (exact) mass is 558 g/mol. The summed E-state index contributed by atoms with van der Waals surface area (Å²) in [5.74, 6) is -0.547. The highest BCUT2D eigenvalue weighted by molar-refractivity contribution is 5.94. The standard InChI is InChI=1S/C38H54O3/c1-3-4-5-6-7-8-9-10-11-12-13-14-15-16-17-18-19-22-29-41-38(40)31(2)33-27-28-36-34(30-33)26-25-32-23-20-21-24-35(32)37(36)39/h20-21,23-28,30-31H,3-19,22,29H2,1-2H3. The van der Waals surface area contributed by atoms with Crippen molar-refractivity contribution in [3.63, 3.8) is 0 Å². The van der Waals surface area contributed by atoms with E-state index in [0.717, 1.165) is 29.2 Å². The Balaban J connectivity index is 1.21. The van der Waals surface area contributed by atoms with Crippen molar-refractivity contribution in [2.24, 2.45) is 0 Å². The van der Waals surface area contributed by atoms with Crippen LogP contribution in [0.1, 0.15) is 141 Å². The lowest BCUT2D eigenvalue weighted by molar-refractivity contribution is -0.145. The van der Waals surface area contributed by atoms with Crippen LogP contribution in [0.25, 0.3) is 21.5 Å². The van der Waals surface area contributed by atoms with Gasteiger partial charge in [-0.2, -0.15) is 0 Å². The number of carbonyl (C=O) groups is 1. The normalized spacial score (nSPS) is 12.1. The van der Waals surface area contributed by atoms with Crippen molar-refractivity contribution in [1.29, 1.82) is 0 Å². The van der Waals surface area contributed by atoms with Crippen molar-refractivity contribution >= 4 is 27.5 Å². The Morgan fingerprint density at radius 3 is 1.68 bits per heavy atom. The molecule has 224 valence electrons. The third-order valence-electron chi connectivity index (χ3n) is 8.56. The number of carbonyl (C=O) groups excluding carboxylic acids is 1. The van der Waals surface area contributed by atoms with Gasteiger partial charge in [0.15, 0.2) is 5.43 Å². The molecular weight excluding hydrogens is 504 g/mol. The molecule has 3 aromatic carbocycles. The van der Waals surface area contributed by atoms with E-state index in [2.05, 4.69) is 6.92 Å². The average molecular weight is 559 g/mol. The quantitative estimate of drug-likeness (QED) is 0.0964. The number of hydrogen-bond acceptors (Lipinski definition) is 3. The maximum absolute atomic E-state index is 13.0. The predicted octanol–water partition coefficient (Wildman–Crippen LogP) is 11.0. The Labute approximate surface area is 249 Å². The molecule has 0 heterocycles. The highest BCUT2D eigenvalue weighted by Crippen LogP contribution is 2.23. The highest BCUT2D eigenvalue weighted by atomic mass is 16.5. The van der Waals surface area contributed by atoms with Crippen LogP contribution in [0.2, 0.25) is 0 Å². The van der Waals surface area contributed by atoms with E-state index < -0.39 is 0 Å². The lowest BCUT2D eigenvalue weighted by atomic mass is 9.98. The fourth-order valence-corrected chi connectivity index (χ4v) is 5.81. The molecule has 0 saturated carbocycles. The Kier molecular flexibility index (Phi) is 15.6. The van der Waals surface area contributed by atoms with Gasteiger partial charge in [-0.25, -0.2) is 0 Å². The summed E-state index contributed by atoms with van der Waals surface area (Å²) in [7, 11) is 0. The molecule has 41 heavy (non-hydrogen) atoms. The molecule has 3 aromatic rings. The zero-order chi connectivity index (χ0) is 29.1. The minimum Gasteiger partial charge on any atom is -0.465 e. The Hall–Kier alpha value is -2.68. The number of benzene rings is 2. The molecule has 1 unspecified atom stereocenters. The molecule has 0 saturated heterocycles. The van der Waals surface area contributed by atoms with Gasteiger partial charge in [0.25, 0.3) is 0 Å². The first-order valence-electron chi connectivity index (χ1n) is 16.7. The molecule has 3 rings (SSSR count). The van der Waals surface area contributed by atoms with Crippen molar-refractivity contribution in [2.45, 2.75) is 135 Å². The second kappa shape index (κ2) is 19.4. The maximum Gasteiger partial charge on any atom is 0.313 e.